The van der Waals surface area contributed by atoms with E-state index in [0.717, 1.165) is 18.8 Å². The number of carbonyl (C=O) groups is 1. The zero-order valence-corrected chi connectivity index (χ0v) is 13.3. The van der Waals surface area contributed by atoms with Gasteiger partial charge in [-0.25, -0.2) is 0 Å². The van der Waals surface area contributed by atoms with Gasteiger partial charge in [0, 0.05) is 32.4 Å². The third-order valence-corrected chi connectivity index (χ3v) is 3.91. The van der Waals surface area contributed by atoms with Crippen LogP contribution in [0.1, 0.15) is 0 Å². The van der Waals surface area contributed by atoms with E-state index in [1.807, 2.05) is 30.3 Å². The number of fused-ring (bicyclic) bond motifs is 1. The Morgan fingerprint density at radius 1 is 1.38 bits per heavy atom. The van der Waals surface area contributed by atoms with E-state index in [1.54, 1.807) is 4.90 Å². The summed E-state index contributed by atoms with van der Waals surface area (Å²) in [5, 5.41) is 15.4. The number of rotatable bonds is 4. The molecule has 2 aliphatic heterocycles. The molecule has 1 saturated heterocycles. The molecule has 1 atom stereocenters. The number of amides is 1. The predicted octanol–water partition coefficient (Wildman–Crippen LogP) is 0.255. The monoisotopic (exact) mass is 328 g/mol. The number of ether oxygens (including phenoxy) is 2. The zero-order chi connectivity index (χ0) is 16.8. The number of hydrogen-bond acceptors (Lipinski definition) is 6. The van der Waals surface area contributed by atoms with Gasteiger partial charge < -0.3 is 25.0 Å². The van der Waals surface area contributed by atoms with Crippen LogP contribution in [0.15, 0.2) is 36.0 Å². The van der Waals surface area contributed by atoms with Gasteiger partial charge in [-0.1, -0.05) is 12.1 Å². The number of nitrogens with one attached hydrogen (secondary N) is 2. The lowest BCUT2D eigenvalue weighted by atomic mass is 10.2. The first-order valence-electron chi connectivity index (χ1n) is 8.00. The third kappa shape index (κ3) is 3.78. The maximum Gasteiger partial charge on any atom is 0.266 e. The molecule has 1 fully saturated rings. The first kappa shape index (κ1) is 16.1. The lowest BCUT2D eigenvalue weighted by Crippen LogP contribution is -2.47. The van der Waals surface area contributed by atoms with E-state index in [2.05, 4.69) is 10.6 Å². The summed E-state index contributed by atoms with van der Waals surface area (Å²) in [5.41, 5.74) is 0.106. The molecule has 0 aliphatic carbocycles. The second-order valence-electron chi connectivity index (χ2n) is 5.62. The second-order valence-corrected chi connectivity index (χ2v) is 5.62. The normalized spacial score (nSPS) is 20.2. The van der Waals surface area contributed by atoms with Gasteiger partial charge in [-0.3, -0.25) is 4.79 Å². The van der Waals surface area contributed by atoms with Crippen LogP contribution in [0.3, 0.4) is 0 Å². The molecule has 3 rings (SSSR count). The minimum Gasteiger partial charge on any atom is -0.486 e. The summed E-state index contributed by atoms with van der Waals surface area (Å²) in [6.45, 7) is 3.62. The highest BCUT2D eigenvalue weighted by molar-refractivity contribution is 5.97. The summed E-state index contributed by atoms with van der Waals surface area (Å²) in [7, 11) is 0. The molecule has 2 N–H and O–H groups in total. The van der Waals surface area contributed by atoms with Crippen molar-refractivity contribution < 1.29 is 14.3 Å². The molecule has 0 saturated carbocycles. The Kier molecular flexibility index (Phi) is 5.18. The standard InChI is InChI=1S/C17H20N4O3/c18-9-13(17(22)21-7-5-19-6-8-21)10-20-11-14-12-23-15-3-1-2-4-16(15)24-14/h1-4,10,14,19-20H,5-8,11-12H2/b13-10-. The Bertz CT molecular complexity index is 662. The van der Waals surface area contributed by atoms with Gasteiger partial charge in [-0.15, -0.1) is 0 Å². The molecule has 1 aromatic carbocycles. The summed E-state index contributed by atoms with van der Waals surface area (Å²) in [6.07, 6.45) is 1.29. The minimum absolute atomic E-state index is 0.106. The van der Waals surface area contributed by atoms with Crippen molar-refractivity contribution in [3.05, 3.63) is 36.0 Å². The lowest BCUT2D eigenvalue weighted by Gasteiger charge is -2.27. The summed E-state index contributed by atoms with van der Waals surface area (Å²) in [5.74, 6) is 1.20. The van der Waals surface area contributed by atoms with Crippen LogP contribution in [-0.4, -0.2) is 56.2 Å². The third-order valence-electron chi connectivity index (χ3n) is 3.91. The quantitative estimate of drug-likeness (QED) is 0.609. The number of nitriles is 1. The van der Waals surface area contributed by atoms with Gasteiger partial charge in [0.15, 0.2) is 11.5 Å². The highest BCUT2D eigenvalue weighted by Crippen LogP contribution is 2.30. The number of nitrogens with zero attached hydrogens (tertiary/aromatic N) is 2. The fourth-order valence-corrected chi connectivity index (χ4v) is 2.64. The van der Waals surface area contributed by atoms with Gasteiger partial charge in [0.05, 0.1) is 6.54 Å². The Morgan fingerprint density at radius 2 is 2.12 bits per heavy atom. The zero-order valence-electron chi connectivity index (χ0n) is 13.3. The highest BCUT2D eigenvalue weighted by atomic mass is 16.6. The molecule has 0 bridgehead atoms. The van der Waals surface area contributed by atoms with Crippen molar-refractivity contribution in [2.24, 2.45) is 0 Å². The first-order chi connectivity index (χ1) is 11.8. The summed E-state index contributed by atoms with van der Waals surface area (Å²) in [6, 6.07) is 9.46. The van der Waals surface area contributed by atoms with Gasteiger partial charge in [-0.05, 0) is 12.1 Å². The van der Waals surface area contributed by atoms with Crippen molar-refractivity contribution >= 4 is 5.91 Å². The van der Waals surface area contributed by atoms with Crippen molar-refractivity contribution in [3.8, 4) is 17.6 Å². The van der Waals surface area contributed by atoms with Crippen LogP contribution in [0.5, 0.6) is 11.5 Å². The second kappa shape index (κ2) is 7.70. The maximum atomic E-state index is 12.3. The Labute approximate surface area is 140 Å². The molecular formula is C17H20N4O3. The number of piperazine rings is 1. The molecule has 0 aromatic heterocycles. The van der Waals surface area contributed by atoms with Gasteiger partial charge >= 0.3 is 0 Å². The van der Waals surface area contributed by atoms with Crippen LogP contribution in [-0.2, 0) is 4.79 Å². The van der Waals surface area contributed by atoms with Crippen LogP contribution < -0.4 is 20.1 Å². The molecule has 2 aliphatic rings. The van der Waals surface area contributed by atoms with E-state index in [0.29, 0.717) is 32.0 Å². The smallest absolute Gasteiger partial charge is 0.266 e. The van der Waals surface area contributed by atoms with Crippen LogP contribution in [0.25, 0.3) is 0 Å². The van der Waals surface area contributed by atoms with E-state index in [1.165, 1.54) is 6.20 Å². The van der Waals surface area contributed by atoms with Crippen LogP contribution in [0.2, 0.25) is 0 Å². The fourth-order valence-electron chi connectivity index (χ4n) is 2.64. The molecule has 24 heavy (non-hydrogen) atoms. The van der Waals surface area contributed by atoms with Crippen LogP contribution in [0.4, 0.5) is 0 Å². The molecule has 0 spiro atoms. The van der Waals surface area contributed by atoms with E-state index >= 15 is 0 Å². The molecule has 7 heteroatoms. The van der Waals surface area contributed by atoms with Crippen LogP contribution >= 0.6 is 0 Å². The van der Waals surface area contributed by atoms with Crippen molar-refractivity contribution in [1.29, 1.82) is 5.26 Å². The topological polar surface area (TPSA) is 86.6 Å². The summed E-state index contributed by atoms with van der Waals surface area (Å²) >= 11 is 0. The van der Waals surface area contributed by atoms with Crippen molar-refractivity contribution in [1.82, 2.24) is 15.5 Å². The number of carbonyl (C=O) groups excluding carboxylic acids is 1. The van der Waals surface area contributed by atoms with Gasteiger partial charge in [0.1, 0.15) is 24.4 Å². The molecule has 2 heterocycles. The molecule has 1 aromatic rings. The van der Waals surface area contributed by atoms with Crippen molar-refractivity contribution in [2.45, 2.75) is 6.10 Å². The van der Waals surface area contributed by atoms with E-state index in [-0.39, 0.29) is 17.6 Å². The largest absolute Gasteiger partial charge is 0.486 e. The van der Waals surface area contributed by atoms with Gasteiger partial charge in [0.2, 0.25) is 0 Å². The molecule has 7 nitrogen and oxygen atoms in total. The average molecular weight is 328 g/mol. The molecule has 1 amide bonds. The Morgan fingerprint density at radius 3 is 2.88 bits per heavy atom. The fraction of sp³-hybridized carbons (Fsp3) is 0.412. The predicted molar refractivity (Wildman–Crippen MR) is 87.5 cm³/mol. The molecule has 0 radical (unpaired) electrons. The minimum atomic E-state index is -0.238. The maximum absolute atomic E-state index is 12.3. The average Bonchev–Trinajstić information content (AvgIpc) is 2.65. The van der Waals surface area contributed by atoms with Crippen molar-refractivity contribution in [3.63, 3.8) is 0 Å². The van der Waals surface area contributed by atoms with E-state index in [4.69, 9.17) is 9.47 Å². The number of benzene rings is 1. The lowest BCUT2D eigenvalue weighted by molar-refractivity contribution is -0.127. The number of para-hydroxylation sites is 2. The Balaban J connectivity index is 1.53. The summed E-state index contributed by atoms with van der Waals surface area (Å²) < 4.78 is 11.5. The molecule has 1 unspecified atom stereocenters. The molecule has 126 valence electrons. The van der Waals surface area contributed by atoms with Gasteiger partial charge in [0.25, 0.3) is 5.91 Å². The number of hydrogen-bond donors (Lipinski definition) is 2. The first-order valence-corrected chi connectivity index (χ1v) is 8.00. The van der Waals surface area contributed by atoms with E-state index < -0.39 is 0 Å². The van der Waals surface area contributed by atoms with Gasteiger partial charge in [-0.2, -0.15) is 5.26 Å². The SMILES string of the molecule is N#C/C(=C/NCC1COc2ccccc2O1)C(=O)N1CCNCC1. The Hall–Kier alpha value is -2.72. The molecular weight excluding hydrogens is 308 g/mol. The summed E-state index contributed by atoms with van der Waals surface area (Å²) in [4.78, 5) is 14.0. The van der Waals surface area contributed by atoms with E-state index in [9.17, 15) is 10.1 Å². The highest BCUT2D eigenvalue weighted by Gasteiger charge is 2.22. The van der Waals surface area contributed by atoms with Crippen LogP contribution in [0, 0.1) is 11.3 Å². The van der Waals surface area contributed by atoms with Crippen molar-refractivity contribution in [2.75, 3.05) is 39.3 Å².